The van der Waals surface area contributed by atoms with Crippen LogP contribution in [0.3, 0.4) is 0 Å². The molecule has 0 aliphatic heterocycles. The molecule has 4 aliphatic carbocycles. The summed E-state index contributed by atoms with van der Waals surface area (Å²) in [6.45, 7) is 5.12. The molecule has 0 N–H and O–H groups in total. The summed E-state index contributed by atoms with van der Waals surface area (Å²) in [6.07, 6.45) is 20.6. The minimum atomic E-state index is -5.35. The van der Waals surface area contributed by atoms with Crippen molar-refractivity contribution in [3.8, 4) is 44.5 Å². The molecule has 6 aromatic carbocycles. The van der Waals surface area contributed by atoms with E-state index in [1.165, 1.54) is 142 Å². The average molecular weight is 948 g/mol. The summed E-state index contributed by atoms with van der Waals surface area (Å²) in [7, 11) is 19.0. The molecule has 4 aliphatic rings. The molecule has 10 rings (SSSR count). The van der Waals surface area contributed by atoms with Crippen molar-refractivity contribution in [3.05, 3.63) is 179 Å². The van der Waals surface area contributed by atoms with Gasteiger partial charge in [-0.05, 0) is 0 Å². The van der Waals surface area contributed by atoms with Crippen LogP contribution in [0.4, 0.5) is 0 Å². The Balaban J connectivity index is 1.28. The van der Waals surface area contributed by atoms with Crippen molar-refractivity contribution in [3.63, 3.8) is 0 Å². The van der Waals surface area contributed by atoms with Crippen LogP contribution in [0.5, 0.6) is 0 Å². The number of allylic oxidation sites excluding steroid dienone is 2. The van der Waals surface area contributed by atoms with Crippen molar-refractivity contribution in [1.82, 2.24) is 0 Å². The van der Waals surface area contributed by atoms with Crippen LogP contribution < -0.4 is 0 Å². The first-order valence-electron chi connectivity index (χ1n) is 23.8. The van der Waals surface area contributed by atoms with Crippen molar-refractivity contribution in [2.24, 2.45) is 11.8 Å². The number of rotatable bonds is 11. The van der Waals surface area contributed by atoms with Crippen LogP contribution in [0.2, 0.25) is 13.1 Å². The van der Waals surface area contributed by atoms with E-state index >= 15 is 0 Å². The van der Waals surface area contributed by atoms with Gasteiger partial charge in [-0.2, -0.15) is 0 Å². The fourth-order valence-electron chi connectivity index (χ4n) is 12.5. The van der Waals surface area contributed by atoms with Crippen LogP contribution >= 0.6 is 17.0 Å². The summed E-state index contributed by atoms with van der Waals surface area (Å²) < 4.78 is 0.0221. The van der Waals surface area contributed by atoms with E-state index < -0.39 is 21.5 Å². The summed E-state index contributed by atoms with van der Waals surface area (Å²) in [5.74, 6) is -0.561. The van der Waals surface area contributed by atoms with Gasteiger partial charge in [0.2, 0.25) is 0 Å². The Morgan fingerprint density at radius 1 is 0.419 bits per heavy atom. The Bertz CT molecular complexity index is 2420. The Morgan fingerprint density at radius 3 is 1.05 bits per heavy atom. The minimum absolute atomic E-state index is 0.0111. The molecule has 4 heteroatoms. The summed E-state index contributed by atoms with van der Waals surface area (Å²) in [4.78, 5) is 0. The van der Waals surface area contributed by atoms with Gasteiger partial charge in [-0.1, -0.05) is 0 Å². The maximum absolute atomic E-state index is 9.49. The molecular weight excluding hydrogens is 887 g/mol. The molecule has 2 fully saturated rings. The Hall–Kier alpha value is -3.52. The standard InChI is InChI=1S/2C28H27.C2H7Si.2ClH.Zr/c2*1-4-10-21(11-5-1)18-22-19-27-25(23-12-6-2-7-13-23)16-17-26(28(27)20-22)24-14-8-3-9-15-24;1-3-2;;;/h2*2-3,6-9,12-17,19-21H,1,4-5,10-11,18H2;3H,1-2H3;2*1H;/q;;;;;+2/p-2. The number of halogens is 2. The van der Waals surface area contributed by atoms with Crippen molar-refractivity contribution >= 4 is 35.1 Å². The molecule has 2 atom stereocenters. The fourth-order valence-corrected chi connectivity index (χ4v) is 43.6. The number of fused-ring (bicyclic) bond motifs is 2. The van der Waals surface area contributed by atoms with Crippen LogP contribution in [0.25, 0.3) is 56.7 Å². The van der Waals surface area contributed by atoms with E-state index in [9.17, 15) is 17.0 Å². The van der Waals surface area contributed by atoms with E-state index in [0.717, 1.165) is 12.8 Å². The van der Waals surface area contributed by atoms with E-state index in [-0.39, 0.29) is 7.25 Å². The van der Waals surface area contributed by atoms with Crippen LogP contribution in [-0.4, -0.2) is 5.92 Å². The first kappa shape index (κ1) is 42.4. The maximum atomic E-state index is 9.49. The molecule has 315 valence electrons. The van der Waals surface area contributed by atoms with E-state index in [4.69, 9.17) is 0 Å². The molecule has 2 unspecified atom stereocenters. The van der Waals surface area contributed by atoms with E-state index in [0.29, 0.717) is 11.8 Å². The Morgan fingerprint density at radius 2 is 0.726 bits per heavy atom. The molecule has 2 saturated carbocycles. The number of hydrogen-bond donors (Lipinski definition) is 0. The molecule has 0 aromatic heterocycles. The summed E-state index contributed by atoms with van der Waals surface area (Å²) >= 11 is -5.35. The van der Waals surface area contributed by atoms with E-state index in [1.807, 2.05) is 0 Å². The van der Waals surface area contributed by atoms with Crippen molar-refractivity contribution in [2.75, 3.05) is 0 Å². The second kappa shape index (κ2) is 17.8. The van der Waals surface area contributed by atoms with Gasteiger partial charge in [0.05, 0.1) is 0 Å². The quantitative estimate of drug-likeness (QED) is 0.114. The first-order valence-corrected chi connectivity index (χ1v) is 40.1. The normalized spacial score (nSPS) is 20.0. The van der Waals surface area contributed by atoms with Gasteiger partial charge in [-0.25, -0.2) is 0 Å². The van der Waals surface area contributed by atoms with Gasteiger partial charge in [0.1, 0.15) is 0 Å². The Kier molecular flexibility index (Phi) is 12.2. The predicted octanol–water partition coefficient (Wildman–Crippen LogP) is 17.9. The van der Waals surface area contributed by atoms with Gasteiger partial charge in [0, 0.05) is 0 Å². The molecule has 0 heterocycles. The molecule has 0 nitrogen and oxygen atoms in total. The van der Waals surface area contributed by atoms with Gasteiger partial charge in [-0.15, -0.1) is 0 Å². The summed E-state index contributed by atoms with van der Waals surface area (Å²) in [5, 5.41) is 0. The van der Waals surface area contributed by atoms with E-state index in [1.54, 1.807) is 0 Å². The molecule has 6 aromatic rings. The van der Waals surface area contributed by atoms with Gasteiger partial charge >= 0.3 is 383 Å². The third-order valence-electron chi connectivity index (χ3n) is 15.6. The van der Waals surface area contributed by atoms with Gasteiger partial charge in [-0.3, -0.25) is 0 Å². The molecule has 0 bridgehead atoms. The van der Waals surface area contributed by atoms with Gasteiger partial charge in [0.25, 0.3) is 0 Å². The molecule has 0 spiro atoms. The van der Waals surface area contributed by atoms with Gasteiger partial charge in [0.15, 0.2) is 0 Å². The average Bonchev–Trinajstić information content (AvgIpc) is 3.90. The third kappa shape index (κ3) is 7.68. The van der Waals surface area contributed by atoms with E-state index in [2.05, 4.69) is 171 Å². The van der Waals surface area contributed by atoms with Crippen molar-refractivity contribution < 1.29 is 15.6 Å². The SMILES string of the molecule is C[SiH](C)[Zr]([Cl])([Cl])([CH]1C(CC2CCCCC2)=Cc2c(-c3ccccc3)ccc(-c3ccccc3)c21)[CH]1C(CC2CCCCC2)=Cc2c(-c3ccccc3)ccc(-c3ccccc3)c21. The number of hydrogen-bond acceptors (Lipinski definition) is 0. The van der Waals surface area contributed by atoms with Crippen molar-refractivity contribution in [1.29, 1.82) is 0 Å². The number of benzene rings is 6. The predicted molar refractivity (Wildman–Crippen MR) is 269 cm³/mol. The molecule has 0 amide bonds. The second-order valence-corrected chi connectivity index (χ2v) is 62.0. The third-order valence-corrected chi connectivity index (χ3v) is 67.3. The molecule has 62 heavy (non-hydrogen) atoms. The summed E-state index contributed by atoms with van der Waals surface area (Å²) in [6, 6.07) is 54.2. The topological polar surface area (TPSA) is 0 Å². The zero-order valence-corrected chi connectivity index (χ0v) is 41.8. The Labute approximate surface area is 380 Å². The van der Waals surface area contributed by atoms with Gasteiger partial charge < -0.3 is 0 Å². The zero-order valence-electron chi connectivity index (χ0n) is 36.6. The summed E-state index contributed by atoms with van der Waals surface area (Å²) in [5.41, 5.74) is 18.9. The molecule has 0 saturated heterocycles. The molecular formula is C58H61Cl2SiZr. The zero-order chi connectivity index (χ0) is 42.3. The fraction of sp³-hybridized carbons (Fsp3) is 0.310. The first-order chi connectivity index (χ1) is 30.3. The van der Waals surface area contributed by atoms with Crippen molar-refractivity contribution in [2.45, 2.75) is 97.4 Å². The second-order valence-electron chi connectivity index (χ2n) is 19.5. The van der Waals surface area contributed by atoms with Crippen LogP contribution in [0.15, 0.2) is 157 Å². The van der Waals surface area contributed by atoms with Crippen LogP contribution in [0, 0.1) is 11.8 Å². The van der Waals surface area contributed by atoms with Crippen LogP contribution in [0.1, 0.15) is 107 Å². The monoisotopic (exact) mass is 945 g/mol. The molecule has 0 radical (unpaired) electrons. The van der Waals surface area contributed by atoms with Crippen LogP contribution in [-0.2, 0) is 15.6 Å².